The first-order valence-electron chi connectivity index (χ1n) is 21.2. The minimum Gasteiger partial charge on any atom is -0.194 e. The van der Waals surface area contributed by atoms with Crippen molar-refractivity contribution in [3.05, 3.63) is 195 Å². The van der Waals surface area contributed by atoms with Crippen LogP contribution in [0.2, 0.25) is 0 Å². The third-order valence-corrected chi connectivity index (χ3v) is 11.9. The average Bonchev–Trinajstić information content (AvgIpc) is 3.29. The molecule has 78 heavy (non-hydrogen) atoms. The first-order valence-corrected chi connectivity index (χ1v) is 21.2. The van der Waals surface area contributed by atoms with Gasteiger partial charge >= 0.3 is 55.6 Å². The fourth-order valence-corrected chi connectivity index (χ4v) is 8.43. The Hall–Kier alpha value is -7.10. The summed E-state index contributed by atoms with van der Waals surface area (Å²) in [5.74, 6) is 0. The van der Waals surface area contributed by atoms with Crippen LogP contribution in [0.3, 0.4) is 0 Å². The minimum atomic E-state index is -6.13. The Morgan fingerprint density at radius 3 is 0.769 bits per heavy atom. The van der Waals surface area contributed by atoms with Gasteiger partial charge in [-0.25, -0.2) is 0 Å². The maximum absolute atomic E-state index is 14.2. The summed E-state index contributed by atoms with van der Waals surface area (Å²) in [6.45, 7) is 0.541. The molecule has 0 unspecified atom stereocenters. The molecule has 0 bridgehead atoms. The molecule has 29 heteroatoms. The van der Waals surface area contributed by atoms with E-state index in [0.29, 0.717) is 6.54 Å². The van der Waals surface area contributed by atoms with Crippen LogP contribution in [-0.4, -0.2) is 6.15 Å². The Kier molecular flexibility index (Phi) is 15.6. The number of alkyl halides is 27. The van der Waals surface area contributed by atoms with Gasteiger partial charge in [0.15, 0.2) is 12.7 Å². The van der Waals surface area contributed by atoms with Crippen LogP contribution in [0.4, 0.5) is 119 Å². The van der Waals surface area contributed by atoms with Crippen LogP contribution in [0.1, 0.15) is 55.6 Å². The van der Waals surface area contributed by atoms with Crippen molar-refractivity contribution in [3.8, 4) is 0 Å². The van der Waals surface area contributed by atoms with Crippen LogP contribution < -0.4 is 26.4 Å². The highest BCUT2D eigenvalue weighted by Crippen LogP contribution is 2.42. The summed E-state index contributed by atoms with van der Waals surface area (Å²) < 4.78 is 380. The minimum absolute atomic E-state index is 0.541. The second-order valence-corrected chi connectivity index (χ2v) is 17.1. The zero-order valence-corrected chi connectivity index (χ0v) is 37.7. The monoisotopic (exact) mass is 1150 g/mol. The third kappa shape index (κ3) is 13.4. The van der Waals surface area contributed by atoms with Gasteiger partial charge in [0.1, 0.15) is 6.15 Å². The smallest absolute Gasteiger partial charge is 0.194 e. The van der Waals surface area contributed by atoms with E-state index >= 15 is 0 Å². The number of hydrogen-bond donors (Lipinski definition) is 0. The van der Waals surface area contributed by atoms with Crippen molar-refractivity contribution in [2.45, 2.75) is 62.1 Å². The van der Waals surface area contributed by atoms with E-state index in [0.717, 1.165) is 28.6 Å². The Balaban J connectivity index is 0.000000387. The van der Waals surface area contributed by atoms with Crippen molar-refractivity contribution >= 4 is 38.9 Å². The highest BCUT2D eigenvalue weighted by atomic mass is 19.4. The average molecular weight is 1150 g/mol. The maximum Gasteiger partial charge on any atom is 0.416 e. The molecule has 0 aliphatic carbocycles. The Labute approximate surface area is 419 Å². The standard InChI is InChI=1S/C32H12BF24.C17H13F3N/c34-25(35,36)13-1-14(26(37,38)39)6-21(5-13)33(22-7-15(27(40,41)42)2-16(8-22)28(43,44)45,23-9-17(29(46,47)48)3-18(10-23)30(49,50)51)24-11-19(31(52,53)54)4-20(12-24)32(55,56)57;18-17(19,20)15-9-7-13(8-10-15)12-21-11-3-5-14-4-1-2-6-16(14)21/h1-12H;1-11H,12H2/q-1;+1. The van der Waals surface area contributed by atoms with Gasteiger partial charge in [0.05, 0.1) is 50.1 Å². The lowest BCUT2D eigenvalue weighted by Gasteiger charge is -2.46. The summed E-state index contributed by atoms with van der Waals surface area (Å²) in [6, 6.07) is 8.37. The molecule has 0 radical (unpaired) electrons. The molecule has 0 N–H and O–H groups in total. The molecular weight excluding hydrogens is 1130 g/mol. The third-order valence-electron chi connectivity index (χ3n) is 11.9. The first kappa shape index (κ1) is 60.1. The van der Waals surface area contributed by atoms with E-state index in [4.69, 9.17) is 0 Å². The van der Waals surface area contributed by atoms with Crippen molar-refractivity contribution in [1.29, 1.82) is 0 Å². The molecule has 418 valence electrons. The number of halogens is 27. The summed E-state index contributed by atoms with van der Waals surface area (Å²) >= 11 is 0. The molecule has 0 aliphatic rings. The molecule has 0 saturated heterocycles. The summed E-state index contributed by atoms with van der Waals surface area (Å²) in [4.78, 5) is 0. The van der Waals surface area contributed by atoms with Gasteiger partial charge in [-0.05, 0) is 48.5 Å². The SMILES string of the molecule is FC(F)(F)c1cc([B-](c2cc(C(F)(F)F)cc(C(F)(F)F)c2)(c2cc(C(F)(F)F)cc(C(F)(F)F)c2)c2cc(C(F)(F)F)cc(C(F)(F)F)c2)cc(C(F)(F)F)c1.FC(F)(F)c1ccc(C[n+]2cccc3ccccc32)cc1. The molecule has 0 fully saturated rings. The predicted octanol–water partition coefficient (Wildman–Crippen LogP) is 15.4. The number of nitrogens with zero attached hydrogens (tertiary/aromatic N) is 1. The molecular formula is C49H25BF27N. The number of rotatable bonds is 6. The fraction of sp³-hybridized carbons (Fsp3) is 0.204. The van der Waals surface area contributed by atoms with E-state index < -0.39 is 206 Å². The molecule has 1 heterocycles. The number of fused-ring (bicyclic) bond motifs is 1. The zero-order valence-electron chi connectivity index (χ0n) is 37.7. The number of benzene rings is 6. The molecule has 1 aromatic heterocycles. The lowest BCUT2D eigenvalue weighted by molar-refractivity contribution is -0.662. The van der Waals surface area contributed by atoms with Crippen LogP contribution in [0.5, 0.6) is 0 Å². The highest BCUT2D eigenvalue weighted by molar-refractivity contribution is 7.20. The van der Waals surface area contributed by atoms with Crippen molar-refractivity contribution in [2.75, 3.05) is 0 Å². The quantitative estimate of drug-likeness (QED) is 0.0888. The fourth-order valence-electron chi connectivity index (χ4n) is 8.43. The highest BCUT2D eigenvalue weighted by Gasteiger charge is 2.47. The van der Waals surface area contributed by atoms with Crippen molar-refractivity contribution in [1.82, 2.24) is 0 Å². The summed E-state index contributed by atoms with van der Waals surface area (Å²) in [5.41, 5.74) is -28.9. The van der Waals surface area contributed by atoms with Gasteiger partial charge in [0.2, 0.25) is 5.52 Å². The van der Waals surface area contributed by atoms with Gasteiger partial charge in [-0.3, -0.25) is 0 Å². The lowest BCUT2D eigenvalue weighted by atomic mass is 9.12. The van der Waals surface area contributed by atoms with Gasteiger partial charge < -0.3 is 0 Å². The summed E-state index contributed by atoms with van der Waals surface area (Å²) in [5, 5.41) is 1.10. The van der Waals surface area contributed by atoms with Crippen LogP contribution in [0.25, 0.3) is 10.9 Å². The predicted molar refractivity (Wildman–Crippen MR) is 225 cm³/mol. The van der Waals surface area contributed by atoms with Crippen LogP contribution in [-0.2, 0) is 62.1 Å². The van der Waals surface area contributed by atoms with Crippen LogP contribution in [0.15, 0.2) is 140 Å². The number of aromatic nitrogens is 1. The van der Waals surface area contributed by atoms with E-state index in [2.05, 4.69) is 0 Å². The van der Waals surface area contributed by atoms with Gasteiger partial charge in [-0.15, -0.1) is 0 Å². The molecule has 6 aromatic carbocycles. The molecule has 0 saturated carbocycles. The second-order valence-electron chi connectivity index (χ2n) is 17.1. The first-order chi connectivity index (χ1) is 35.3. The van der Waals surface area contributed by atoms with Gasteiger partial charge in [0.25, 0.3) is 0 Å². The zero-order chi connectivity index (χ0) is 58.8. The molecule has 0 aliphatic heterocycles. The number of pyridine rings is 1. The number of para-hydroxylation sites is 1. The normalized spacial score (nSPS) is 13.6. The second kappa shape index (κ2) is 20.3. The van der Waals surface area contributed by atoms with Gasteiger partial charge in [-0.1, -0.05) is 72.8 Å². The van der Waals surface area contributed by atoms with E-state index in [9.17, 15) is 119 Å². The molecule has 0 spiro atoms. The molecule has 0 amide bonds. The Morgan fingerprint density at radius 1 is 0.269 bits per heavy atom. The van der Waals surface area contributed by atoms with E-state index in [1.54, 1.807) is 0 Å². The van der Waals surface area contributed by atoms with Gasteiger partial charge in [0, 0.05) is 23.1 Å². The summed E-state index contributed by atoms with van der Waals surface area (Å²) in [6.07, 6.45) is -57.2. The largest absolute Gasteiger partial charge is 0.416 e. The van der Waals surface area contributed by atoms with Crippen molar-refractivity contribution in [3.63, 3.8) is 0 Å². The Morgan fingerprint density at radius 2 is 0.513 bits per heavy atom. The molecule has 0 atom stereocenters. The topological polar surface area (TPSA) is 3.88 Å². The molecule has 7 aromatic rings. The summed E-state index contributed by atoms with van der Waals surface area (Å²) in [7, 11) is 0. The molecule has 1 nitrogen and oxygen atoms in total. The van der Waals surface area contributed by atoms with Crippen LogP contribution in [0, 0.1) is 0 Å². The number of hydrogen-bond acceptors (Lipinski definition) is 0. The van der Waals surface area contributed by atoms with Crippen molar-refractivity contribution in [2.24, 2.45) is 0 Å². The Bertz CT molecular complexity index is 2850. The van der Waals surface area contributed by atoms with Gasteiger partial charge in [-0.2, -0.15) is 145 Å². The molecule has 7 rings (SSSR count). The van der Waals surface area contributed by atoms with Crippen molar-refractivity contribution < 1.29 is 123 Å². The van der Waals surface area contributed by atoms with Crippen LogP contribution >= 0.6 is 0 Å². The van der Waals surface area contributed by atoms with E-state index in [-0.39, 0.29) is 0 Å². The maximum atomic E-state index is 14.2. The van der Waals surface area contributed by atoms with E-state index in [1.807, 2.05) is 47.2 Å². The lowest BCUT2D eigenvalue weighted by Crippen LogP contribution is -2.75. The van der Waals surface area contributed by atoms with E-state index in [1.165, 1.54) is 12.1 Å².